The van der Waals surface area contributed by atoms with Gasteiger partial charge < -0.3 is 4.74 Å². The molecule has 36 heavy (non-hydrogen) atoms. The number of Topliss-reactive ketones (excluding diaryl/α,β-unsaturated/α-hetero) is 1. The summed E-state index contributed by atoms with van der Waals surface area (Å²) in [5.74, 6) is 2.65. The Hall–Kier alpha value is -2.68. The highest BCUT2D eigenvalue weighted by Gasteiger charge is 2.60. The maximum absolute atomic E-state index is 13.2. The number of benzene rings is 2. The highest BCUT2D eigenvalue weighted by molar-refractivity contribution is 6.08. The fourth-order valence-electron chi connectivity index (χ4n) is 8.76. The SMILES string of the molecule is C[C@]12CC=C(C(=O)c3ccccc3)CC1CC[C@@H]1[C@@H]2CC[C@]2(C)C(OC(=O)c3ccccc3)CC[C@@H]12. The zero-order chi connectivity index (χ0) is 24.9. The number of hydrogen-bond acceptors (Lipinski definition) is 3. The number of fused-ring (bicyclic) bond motifs is 5. The van der Waals surface area contributed by atoms with Gasteiger partial charge in [-0.05, 0) is 98.2 Å². The Balaban J connectivity index is 1.19. The Morgan fingerprint density at radius 3 is 2.17 bits per heavy atom. The van der Waals surface area contributed by atoms with Gasteiger partial charge in [-0.2, -0.15) is 0 Å². The summed E-state index contributed by atoms with van der Waals surface area (Å²) in [5.41, 5.74) is 2.84. The van der Waals surface area contributed by atoms with Crippen LogP contribution in [0.4, 0.5) is 0 Å². The molecule has 0 N–H and O–H groups in total. The van der Waals surface area contributed by atoms with Crippen molar-refractivity contribution in [3.63, 3.8) is 0 Å². The van der Waals surface area contributed by atoms with E-state index in [0.29, 0.717) is 29.2 Å². The lowest BCUT2D eigenvalue weighted by Crippen LogP contribution is -2.53. The van der Waals surface area contributed by atoms with Crippen LogP contribution in [-0.2, 0) is 4.74 Å². The van der Waals surface area contributed by atoms with Crippen molar-refractivity contribution in [2.45, 2.75) is 71.3 Å². The van der Waals surface area contributed by atoms with Crippen molar-refractivity contribution in [2.75, 3.05) is 0 Å². The monoisotopic (exact) mass is 482 g/mol. The first-order chi connectivity index (χ1) is 17.4. The molecule has 3 nitrogen and oxygen atoms in total. The number of rotatable bonds is 4. The first-order valence-electron chi connectivity index (χ1n) is 13.9. The first kappa shape index (κ1) is 23.7. The number of esters is 1. The summed E-state index contributed by atoms with van der Waals surface area (Å²) in [5, 5.41) is 0. The Kier molecular flexibility index (Phi) is 5.93. The molecule has 0 saturated heterocycles. The van der Waals surface area contributed by atoms with Crippen LogP contribution < -0.4 is 0 Å². The van der Waals surface area contributed by atoms with Crippen molar-refractivity contribution in [2.24, 2.45) is 34.5 Å². The summed E-state index contributed by atoms with van der Waals surface area (Å²) in [4.78, 5) is 26.0. The van der Waals surface area contributed by atoms with Crippen molar-refractivity contribution in [1.82, 2.24) is 0 Å². The first-order valence-corrected chi connectivity index (χ1v) is 13.9. The summed E-state index contributed by atoms with van der Waals surface area (Å²) in [6, 6.07) is 19.2. The fraction of sp³-hybridized carbons (Fsp3) is 0.515. The summed E-state index contributed by atoms with van der Waals surface area (Å²) >= 11 is 0. The second kappa shape index (κ2) is 9.01. The van der Waals surface area contributed by atoms with Gasteiger partial charge in [0.1, 0.15) is 6.10 Å². The topological polar surface area (TPSA) is 43.4 Å². The molecule has 0 aromatic heterocycles. The Bertz CT molecular complexity index is 1170. The maximum atomic E-state index is 13.2. The van der Waals surface area contributed by atoms with E-state index in [1.807, 2.05) is 60.7 Å². The molecule has 0 bridgehead atoms. The highest BCUT2D eigenvalue weighted by Crippen LogP contribution is 2.66. The zero-order valence-electron chi connectivity index (χ0n) is 21.6. The average molecular weight is 483 g/mol. The predicted molar refractivity (Wildman–Crippen MR) is 142 cm³/mol. The number of hydrogen-bond donors (Lipinski definition) is 0. The van der Waals surface area contributed by atoms with Gasteiger partial charge in [-0.15, -0.1) is 0 Å². The molecule has 0 spiro atoms. The number of ether oxygens (including phenoxy) is 1. The summed E-state index contributed by atoms with van der Waals surface area (Å²) in [6.07, 6.45) is 11.2. The number of carbonyl (C=O) groups excluding carboxylic acids is 2. The van der Waals surface area contributed by atoms with E-state index in [2.05, 4.69) is 19.9 Å². The second-order valence-electron chi connectivity index (χ2n) is 12.4. The molecular formula is C33H38O3. The smallest absolute Gasteiger partial charge is 0.338 e. The van der Waals surface area contributed by atoms with Crippen LogP contribution in [0.15, 0.2) is 72.3 Å². The van der Waals surface area contributed by atoms with Crippen LogP contribution in [0, 0.1) is 34.5 Å². The van der Waals surface area contributed by atoms with Crippen LogP contribution in [0.5, 0.6) is 0 Å². The average Bonchev–Trinajstić information content (AvgIpc) is 3.24. The Morgan fingerprint density at radius 2 is 1.44 bits per heavy atom. The standard InChI is InChI=1S/C33H38O3/c1-32-19-17-24(30(34)22-9-5-3-6-10-22)21-25(32)13-14-26-27-15-16-29(33(27,2)20-18-28(26)32)36-31(35)23-11-7-4-8-12-23/h3-12,17,25-29H,13-16,18-21H2,1-2H3/t25?,26-,27-,28-,29?,32-,33-/m0/s1. The molecular weight excluding hydrogens is 444 g/mol. The molecule has 2 unspecified atom stereocenters. The molecule has 188 valence electrons. The molecule has 2 aromatic rings. The Morgan fingerprint density at radius 1 is 0.778 bits per heavy atom. The van der Waals surface area contributed by atoms with Gasteiger partial charge in [-0.25, -0.2) is 4.79 Å². The summed E-state index contributed by atoms with van der Waals surface area (Å²) < 4.78 is 6.18. The normalized spacial score (nSPS) is 37.2. The fourth-order valence-corrected chi connectivity index (χ4v) is 8.76. The lowest BCUT2D eigenvalue weighted by Gasteiger charge is -2.59. The minimum Gasteiger partial charge on any atom is -0.458 e. The molecule has 3 saturated carbocycles. The molecule has 0 amide bonds. The molecule has 6 rings (SSSR count). The van der Waals surface area contributed by atoms with Crippen molar-refractivity contribution >= 4 is 11.8 Å². The van der Waals surface area contributed by atoms with E-state index in [0.717, 1.165) is 36.8 Å². The molecule has 7 atom stereocenters. The highest BCUT2D eigenvalue weighted by atomic mass is 16.5. The van der Waals surface area contributed by atoms with Crippen molar-refractivity contribution < 1.29 is 14.3 Å². The van der Waals surface area contributed by atoms with Crippen LogP contribution in [-0.4, -0.2) is 17.9 Å². The van der Waals surface area contributed by atoms with E-state index in [4.69, 9.17) is 4.74 Å². The number of ketones is 1. The zero-order valence-corrected chi connectivity index (χ0v) is 21.6. The van der Waals surface area contributed by atoms with Crippen LogP contribution in [0.25, 0.3) is 0 Å². The van der Waals surface area contributed by atoms with E-state index < -0.39 is 0 Å². The third kappa shape index (κ3) is 3.78. The molecule has 3 heteroatoms. The summed E-state index contributed by atoms with van der Waals surface area (Å²) in [6.45, 7) is 4.91. The maximum Gasteiger partial charge on any atom is 0.338 e. The number of carbonyl (C=O) groups is 2. The van der Waals surface area contributed by atoms with Gasteiger partial charge in [0.05, 0.1) is 5.56 Å². The molecule has 2 aromatic carbocycles. The van der Waals surface area contributed by atoms with Crippen LogP contribution in [0.2, 0.25) is 0 Å². The van der Waals surface area contributed by atoms with Gasteiger partial charge >= 0.3 is 5.97 Å². The summed E-state index contributed by atoms with van der Waals surface area (Å²) in [7, 11) is 0. The van der Waals surface area contributed by atoms with Gasteiger partial charge in [-0.3, -0.25) is 4.79 Å². The third-order valence-electron chi connectivity index (χ3n) is 10.8. The molecule has 4 aliphatic rings. The molecule has 0 heterocycles. The van der Waals surface area contributed by atoms with Gasteiger partial charge in [0, 0.05) is 11.0 Å². The predicted octanol–water partition coefficient (Wildman–Crippen LogP) is 7.67. The molecule has 0 aliphatic heterocycles. The Labute approximate surface area is 215 Å². The van der Waals surface area contributed by atoms with Crippen molar-refractivity contribution in [3.8, 4) is 0 Å². The second-order valence-corrected chi connectivity index (χ2v) is 12.4. The van der Waals surface area contributed by atoms with Crippen LogP contribution in [0.3, 0.4) is 0 Å². The van der Waals surface area contributed by atoms with Crippen LogP contribution in [0.1, 0.15) is 85.9 Å². The molecule has 4 aliphatic carbocycles. The third-order valence-corrected chi connectivity index (χ3v) is 10.8. The quantitative estimate of drug-likeness (QED) is 0.332. The largest absolute Gasteiger partial charge is 0.458 e. The van der Waals surface area contributed by atoms with Gasteiger partial charge in [-0.1, -0.05) is 68.5 Å². The van der Waals surface area contributed by atoms with E-state index in [-0.39, 0.29) is 28.7 Å². The number of allylic oxidation sites excluding steroid dienone is 2. The van der Waals surface area contributed by atoms with Gasteiger partial charge in [0.2, 0.25) is 0 Å². The van der Waals surface area contributed by atoms with E-state index in [1.54, 1.807) is 0 Å². The van der Waals surface area contributed by atoms with Crippen molar-refractivity contribution in [3.05, 3.63) is 83.4 Å². The van der Waals surface area contributed by atoms with Gasteiger partial charge in [0.15, 0.2) is 5.78 Å². The lowest BCUT2D eigenvalue weighted by atomic mass is 9.45. The van der Waals surface area contributed by atoms with Crippen LogP contribution >= 0.6 is 0 Å². The van der Waals surface area contributed by atoms with E-state index in [9.17, 15) is 9.59 Å². The minimum absolute atomic E-state index is 0.0167. The van der Waals surface area contributed by atoms with E-state index >= 15 is 0 Å². The van der Waals surface area contributed by atoms with Crippen molar-refractivity contribution in [1.29, 1.82) is 0 Å². The van der Waals surface area contributed by atoms with E-state index in [1.165, 1.54) is 25.7 Å². The molecule has 3 fully saturated rings. The van der Waals surface area contributed by atoms with Gasteiger partial charge in [0.25, 0.3) is 0 Å². The molecule has 0 radical (unpaired) electrons. The lowest BCUT2D eigenvalue weighted by molar-refractivity contribution is -0.111. The minimum atomic E-state index is -0.173.